The van der Waals surface area contributed by atoms with Crippen LogP contribution >= 0.6 is 11.8 Å². The molecule has 0 atom stereocenters. The number of aryl methyl sites for hydroxylation is 1. The van der Waals surface area contributed by atoms with Crippen molar-refractivity contribution in [2.24, 2.45) is 0 Å². The van der Waals surface area contributed by atoms with Gasteiger partial charge in [0.05, 0.1) is 11.4 Å². The van der Waals surface area contributed by atoms with Gasteiger partial charge in [-0.15, -0.1) is 0 Å². The van der Waals surface area contributed by atoms with Gasteiger partial charge >= 0.3 is 0 Å². The van der Waals surface area contributed by atoms with Crippen LogP contribution in [0.25, 0.3) is 6.08 Å². The molecular formula is C19H16FNO2S. The fraction of sp³-hybridized carbons (Fsp3) is 0.158. The summed E-state index contributed by atoms with van der Waals surface area (Å²) in [5.41, 5.74) is 2.82. The lowest BCUT2D eigenvalue weighted by molar-refractivity contribution is -0.123. The van der Waals surface area contributed by atoms with Crippen LogP contribution in [0.4, 0.5) is 9.18 Å². The van der Waals surface area contributed by atoms with E-state index < -0.39 is 0 Å². The summed E-state index contributed by atoms with van der Waals surface area (Å²) >= 11 is 0.933. The number of nitrogens with zero attached hydrogens (tertiary/aromatic N) is 1. The maximum absolute atomic E-state index is 13.0. The Balaban J connectivity index is 1.77. The molecule has 0 saturated carbocycles. The maximum Gasteiger partial charge on any atom is 0.293 e. The molecule has 0 aliphatic carbocycles. The van der Waals surface area contributed by atoms with E-state index in [4.69, 9.17) is 0 Å². The van der Waals surface area contributed by atoms with Crippen molar-refractivity contribution < 1.29 is 14.0 Å². The van der Waals surface area contributed by atoms with E-state index in [1.165, 1.54) is 22.6 Å². The van der Waals surface area contributed by atoms with Gasteiger partial charge in [0.2, 0.25) is 0 Å². The lowest BCUT2D eigenvalue weighted by Crippen LogP contribution is -2.27. The van der Waals surface area contributed by atoms with Crippen molar-refractivity contribution in [3.8, 4) is 0 Å². The van der Waals surface area contributed by atoms with Crippen molar-refractivity contribution in [1.82, 2.24) is 4.90 Å². The van der Waals surface area contributed by atoms with Gasteiger partial charge in [0.25, 0.3) is 11.1 Å². The van der Waals surface area contributed by atoms with Crippen molar-refractivity contribution in [3.05, 3.63) is 75.9 Å². The van der Waals surface area contributed by atoms with E-state index in [9.17, 15) is 14.0 Å². The summed E-state index contributed by atoms with van der Waals surface area (Å²) in [6.07, 6.45) is 2.68. The Bertz CT molecular complexity index is 797. The van der Waals surface area contributed by atoms with E-state index in [0.717, 1.165) is 23.7 Å². The van der Waals surface area contributed by atoms with E-state index >= 15 is 0 Å². The number of benzene rings is 2. The average Bonchev–Trinajstić information content (AvgIpc) is 2.85. The van der Waals surface area contributed by atoms with Crippen LogP contribution in [0.15, 0.2) is 53.4 Å². The van der Waals surface area contributed by atoms with Gasteiger partial charge in [-0.3, -0.25) is 14.5 Å². The second-order valence-corrected chi connectivity index (χ2v) is 6.48. The third-order valence-electron chi connectivity index (χ3n) is 3.81. The monoisotopic (exact) mass is 341 g/mol. The predicted octanol–water partition coefficient (Wildman–Crippen LogP) is 4.62. The molecule has 3 nitrogen and oxygen atoms in total. The number of thioether (sulfide) groups is 1. The molecule has 122 valence electrons. The lowest BCUT2D eigenvalue weighted by atomic mass is 10.1. The standard InChI is InChI=1S/C19H16FNO2S/c1-2-13-3-5-14(6-4-13)11-17-18(22)21(19(23)24-17)12-15-7-9-16(20)10-8-15/h3-11H,2,12H2,1H3/b17-11-. The smallest absolute Gasteiger partial charge is 0.268 e. The van der Waals surface area contributed by atoms with Crippen LogP contribution in [-0.4, -0.2) is 16.0 Å². The number of carbonyl (C=O) groups is 2. The number of halogens is 1. The van der Waals surface area contributed by atoms with Crippen molar-refractivity contribution in [2.75, 3.05) is 0 Å². The van der Waals surface area contributed by atoms with Crippen LogP contribution in [0.2, 0.25) is 0 Å². The molecule has 1 aliphatic heterocycles. The van der Waals surface area contributed by atoms with Crippen LogP contribution in [0.5, 0.6) is 0 Å². The maximum atomic E-state index is 13.0. The Labute approximate surface area is 144 Å². The molecular weight excluding hydrogens is 325 g/mol. The average molecular weight is 341 g/mol. The molecule has 2 aromatic carbocycles. The van der Waals surface area contributed by atoms with Gasteiger partial charge in [-0.25, -0.2) is 4.39 Å². The SMILES string of the molecule is CCc1ccc(/C=C2\SC(=O)N(Cc3ccc(F)cc3)C2=O)cc1. The third-order valence-corrected chi connectivity index (χ3v) is 4.72. The quantitative estimate of drug-likeness (QED) is 0.761. The van der Waals surface area contributed by atoms with E-state index in [1.54, 1.807) is 18.2 Å². The third kappa shape index (κ3) is 3.57. The van der Waals surface area contributed by atoms with Gasteiger partial charge in [-0.1, -0.05) is 43.3 Å². The lowest BCUT2D eigenvalue weighted by Gasteiger charge is -2.12. The van der Waals surface area contributed by atoms with E-state index in [0.29, 0.717) is 10.5 Å². The molecule has 0 spiro atoms. The van der Waals surface area contributed by atoms with Crippen molar-refractivity contribution in [2.45, 2.75) is 19.9 Å². The number of rotatable bonds is 4. The molecule has 0 radical (unpaired) electrons. The minimum absolute atomic E-state index is 0.150. The van der Waals surface area contributed by atoms with Crippen LogP contribution in [0.3, 0.4) is 0 Å². The number of carbonyl (C=O) groups excluding carboxylic acids is 2. The minimum Gasteiger partial charge on any atom is -0.268 e. The first-order chi connectivity index (χ1) is 11.6. The summed E-state index contributed by atoms with van der Waals surface area (Å²) in [4.78, 5) is 26.2. The molecule has 24 heavy (non-hydrogen) atoms. The van der Waals surface area contributed by atoms with Gasteiger partial charge in [-0.2, -0.15) is 0 Å². The summed E-state index contributed by atoms with van der Waals surface area (Å²) in [5, 5.41) is -0.305. The number of imide groups is 1. The summed E-state index contributed by atoms with van der Waals surface area (Å²) in [5.74, 6) is -0.655. The minimum atomic E-state index is -0.344. The van der Waals surface area contributed by atoms with Gasteiger partial charge < -0.3 is 0 Å². The Hall–Kier alpha value is -2.40. The highest BCUT2D eigenvalue weighted by Crippen LogP contribution is 2.33. The molecule has 2 amide bonds. The zero-order valence-corrected chi connectivity index (χ0v) is 14.0. The fourth-order valence-corrected chi connectivity index (χ4v) is 3.25. The van der Waals surface area contributed by atoms with Gasteiger partial charge in [0, 0.05) is 0 Å². The van der Waals surface area contributed by atoms with Gasteiger partial charge in [0.15, 0.2) is 0 Å². The second-order valence-electron chi connectivity index (χ2n) is 5.49. The van der Waals surface area contributed by atoms with Crippen molar-refractivity contribution >= 4 is 29.0 Å². The highest BCUT2D eigenvalue weighted by atomic mass is 32.2. The van der Waals surface area contributed by atoms with E-state index in [2.05, 4.69) is 6.92 Å². The molecule has 5 heteroatoms. The van der Waals surface area contributed by atoms with Gasteiger partial charge in [-0.05, 0) is 53.1 Å². The van der Waals surface area contributed by atoms with Crippen LogP contribution in [0.1, 0.15) is 23.6 Å². The van der Waals surface area contributed by atoms with E-state index in [-0.39, 0.29) is 23.5 Å². The Morgan fingerprint density at radius 1 is 1.00 bits per heavy atom. The molecule has 0 unspecified atom stereocenters. The first kappa shape index (κ1) is 16.5. The molecule has 1 fully saturated rings. The zero-order chi connectivity index (χ0) is 17.1. The number of hydrogen-bond acceptors (Lipinski definition) is 3. The van der Waals surface area contributed by atoms with Crippen LogP contribution in [0, 0.1) is 5.82 Å². The highest BCUT2D eigenvalue weighted by molar-refractivity contribution is 8.18. The molecule has 0 N–H and O–H groups in total. The molecule has 0 bridgehead atoms. The number of amides is 2. The predicted molar refractivity (Wildman–Crippen MR) is 93.7 cm³/mol. The first-order valence-corrected chi connectivity index (χ1v) is 8.47. The largest absolute Gasteiger partial charge is 0.293 e. The van der Waals surface area contributed by atoms with Crippen LogP contribution < -0.4 is 0 Å². The number of hydrogen-bond donors (Lipinski definition) is 0. The van der Waals surface area contributed by atoms with Crippen LogP contribution in [-0.2, 0) is 17.8 Å². The summed E-state index contributed by atoms with van der Waals surface area (Å²) < 4.78 is 13.0. The summed E-state index contributed by atoms with van der Waals surface area (Å²) in [6, 6.07) is 13.7. The Morgan fingerprint density at radius 2 is 1.62 bits per heavy atom. The topological polar surface area (TPSA) is 37.4 Å². The Kier molecular flexibility index (Phi) is 4.81. The molecule has 3 rings (SSSR count). The second kappa shape index (κ2) is 7.01. The summed E-state index contributed by atoms with van der Waals surface area (Å²) in [7, 11) is 0. The zero-order valence-electron chi connectivity index (χ0n) is 13.2. The van der Waals surface area contributed by atoms with Gasteiger partial charge in [0.1, 0.15) is 5.82 Å². The normalized spacial score (nSPS) is 16.2. The molecule has 1 heterocycles. The molecule has 1 aliphatic rings. The molecule has 2 aromatic rings. The molecule has 0 aromatic heterocycles. The molecule has 1 saturated heterocycles. The fourth-order valence-electron chi connectivity index (χ4n) is 2.41. The highest BCUT2D eigenvalue weighted by Gasteiger charge is 2.34. The first-order valence-electron chi connectivity index (χ1n) is 7.65. The van der Waals surface area contributed by atoms with Crippen molar-refractivity contribution in [1.29, 1.82) is 0 Å². The van der Waals surface area contributed by atoms with E-state index in [1.807, 2.05) is 24.3 Å². The summed E-state index contributed by atoms with van der Waals surface area (Å²) in [6.45, 7) is 2.23. The van der Waals surface area contributed by atoms with Crippen molar-refractivity contribution in [3.63, 3.8) is 0 Å². The Morgan fingerprint density at radius 3 is 2.25 bits per heavy atom.